The van der Waals surface area contributed by atoms with Crippen LogP contribution in [-0.4, -0.2) is 12.6 Å². The van der Waals surface area contributed by atoms with E-state index in [0.29, 0.717) is 34.6 Å². The first-order valence-corrected chi connectivity index (χ1v) is 7.11. The van der Waals surface area contributed by atoms with Crippen LogP contribution in [0.2, 0.25) is 5.22 Å². The molecule has 0 saturated heterocycles. The van der Waals surface area contributed by atoms with Crippen LogP contribution in [0.5, 0.6) is 0 Å². The molecule has 0 spiro atoms. The van der Waals surface area contributed by atoms with Crippen molar-refractivity contribution in [1.29, 1.82) is 0 Å². The lowest BCUT2D eigenvalue weighted by Crippen LogP contribution is -2.05. The number of hydrogen-bond acceptors (Lipinski definition) is 5. The Morgan fingerprint density at radius 1 is 1.47 bits per heavy atom. The van der Waals surface area contributed by atoms with Crippen molar-refractivity contribution in [2.75, 3.05) is 12.3 Å². The van der Waals surface area contributed by atoms with Gasteiger partial charge in [-0.05, 0) is 42.6 Å². The van der Waals surface area contributed by atoms with Crippen LogP contribution in [-0.2, 0) is 11.2 Å². The largest absolute Gasteiger partial charge is 0.462 e. The molecule has 2 aromatic heterocycles. The summed E-state index contributed by atoms with van der Waals surface area (Å²) < 4.78 is 10.4. The van der Waals surface area contributed by atoms with E-state index in [1.165, 1.54) is 11.3 Å². The molecule has 0 saturated carbocycles. The number of hydrogen-bond donors (Lipinski definition) is 1. The molecule has 0 amide bonds. The van der Waals surface area contributed by atoms with Gasteiger partial charge in [0.25, 0.3) is 0 Å². The van der Waals surface area contributed by atoms with Crippen LogP contribution in [0.4, 0.5) is 5.69 Å². The number of nitrogen functional groups attached to an aromatic ring is 1. The second kappa shape index (κ2) is 5.67. The fourth-order valence-corrected chi connectivity index (χ4v) is 3.13. The number of carbonyl (C=O) groups excluding carboxylic acids is 1. The Hall–Kier alpha value is -1.46. The maximum absolute atomic E-state index is 11.8. The van der Waals surface area contributed by atoms with Crippen molar-refractivity contribution in [3.05, 3.63) is 27.8 Å². The molecule has 2 heterocycles. The molecule has 0 aliphatic carbocycles. The molecule has 0 radical (unpaired) electrons. The fourth-order valence-electron chi connectivity index (χ4n) is 1.81. The molecule has 2 N–H and O–H groups in total. The van der Waals surface area contributed by atoms with Crippen LogP contribution in [0.3, 0.4) is 0 Å². The van der Waals surface area contributed by atoms with E-state index in [4.69, 9.17) is 26.5 Å². The topological polar surface area (TPSA) is 65.5 Å². The SMILES string of the molecule is CCOC(=O)c1sc(-c2ccc(Cl)o2)c(CC)c1N. The predicted molar refractivity (Wildman–Crippen MR) is 76.8 cm³/mol. The minimum atomic E-state index is -0.399. The van der Waals surface area contributed by atoms with Crippen LogP contribution >= 0.6 is 22.9 Å². The van der Waals surface area contributed by atoms with Crippen molar-refractivity contribution >= 4 is 34.6 Å². The van der Waals surface area contributed by atoms with Gasteiger partial charge < -0.3 is 14.9 Å². The Kier molecular flexibility index (Phi) is 4.17. The van der Waals surface area contributed by atoms with E-state index in [1.54, 1.807) is 19.1 Å². The molecule has 19 heavy (non-hydrogen) atoms. The summed E-state index contributed by atoms with van der Waals surface area (Å²) in [7, 11) is 0. The first-order chi connectivity index (χ1) is 9.08. The van der Waals surface area contributed by atoms with Crippen LogP contribution in [0.1, 0.15) is 29.1 Å². The summed E-state index contributed by atoms with van der Waals surface area (Å²) in [6.07, 6.45) is 0.704. The molecule has 0 aliphatic heterocycles. The molecule has 2 rings (SSSR count). The monoisotopic (exact) mass is 299 g/mol. The molecule has 4 nitrogen and oxygen atoms in total. The normalized spacial score (nSPS) is 10.7. The van der Waals surface area contributed by atoms with Crippen LogP contribution in [0.15, 0.2) is 16.5 Å². The van der Waals surface area contributed by atoms with E-state index in [2.05, 4.69) is 0 Å². The number of esters is 1. The number of furan rings is 1. The van der Waals surface area contributed by atoms with Crippen LogP contribution in [0.25, 0.3) is 10.6 Å². The molecular formula is C13H14ClNO3S. The highest BCUT2D eigenvalue weighted by Crippen LogP contribution is 2.40. The summed E-state index contributed by atoms with van der Waals surface area (Å²) in [6, 6.07) is 3.43. The molecule has 0 unspecified atom stereocenters. The maximum atomic E-state index is 11.8. The van der Waals surface area contributed by atoms with Gasteiger partial charge in [0.15, 0.2) is 5.22 Å². The van der Waals surface area contributed by atoms with Crippen LogP contribution < -0.4 is 5.73 Å². The summed E-state index contributed by atoms with van der Waals surface area (Å²) in [5.74, 6) is 0.220. The van der Waals surface area contributed by atoms with Crippen LogP contribution in [0, 0.1) is 0 Å². The zero-order valence-corrected chi connectivity index (χ0v) is 12.2. The zero-order chi connectivity index (χ0) is 14.0. The molecule has 0 fully saturated rings. The number of ether oxygens (including phenoxy) is 1. The molecule has 0 bridgehead atoms. The Morgan fingerprint density at radius 3 is 2.74 bits per heavy atom. The van der Waals surface area contributed by atoms with Gasteiger partial charge in [-0.15, -0.1) is 11.3 Å². The summed E-state index contributed by atoms with van der Waals surface area (Å²) in [5, 5.41) is 0.307. The standard InChI is InChI=1S/C13H14ClNO3S/c1-3-7-10(15)12(13(16)17-4-2)19-11(7)8-5-6-9(14)18-8/h5-6H,3-4,15H2,1-2H3. The highest BCUT2D eigenvalue weighted by atomic mass is 35.5. The van der Waals surface area contributed by atoms with Crippen molar-refractivity contribution in [2.45, 2.75) is 20.3 Å². The average molecular weight is 300 g/mol. The minimum absolute atomic E-state index is 0.307. The van der Waals surface area contributed by atoms with Gasteiger partial charge >= 0.3 is 5.97 Å². The highest BCUT2D eigenvalue weighted by molar-refractivity contribution is 7.18. The third-order valence-electron chi connectivity index (χ3n) is 2.66. The molecule has 102 valence electrons. The lowest BCUT2D eigenvalue weighted by Gasteiger charge is -2.00. The van der Waals surface area contributed by atoms with Crippen molar-refractivity contribution < 1.29 is 13.9 Å². The smallest absolute Gasteiger partial charge is 0.350 e. The molecule has 0 aromatic carbocycles. The Bertz CT molecular complexity index is 603. The van der Waals surface area contributed by atoms with Gasteiger partial charge in [-0.2, -0.15) is 0 Å². The lowest BCUT2D eigenvalue weighted by molar-refractivity contribution is 0.0533. The number of anilines is 1. The fraction of sp³-hybridized carbons (Fsp3) is 0.308. The maximum Gasteiger partial charge on any atom is 0.350 e. The van der Waals surface area contributed by atoms with Gasteiger partial charge in [0.1, 0.15) is 10.6 Å². The van der Waals surface area contributed by atoms with Crippen molar-refractivity contribution in [1.82, 2.24) is 0 Å². The van der Waals surface area contributed by atoms with E-state index in [-0.39, 0.29) is 0 Å². The predicted octanol–water partition coefficient (Wildman–Crippen LogP) is 3.98. The number of halogens is 1. The van der Waals surface area contributed by atoms with E-state index in [0.717, 1.165) is 10.4 Å². The van der Waals surface area contributed by atoms with Gasteiger partial charge in [0.05, 0.1) is 17.2 Å². The number of rotatable bonds is 4. The van der Waals surface area contributed by atoms with Crippen molar-refractivity contribution in [3.63, 3.8) is 0 Å². The van der Waals surface area contributed by atoms with E-state index in [1.807, 2.05) is 6.92 Å². The second-order valence-corrected chi connectivity index (χ2v) is 5.22. The molecule has 0 atom stereocenters. The van der Waals surface area contributed by atoms with Gasteiger partial charge in [0.2, 0.25) is 0 Å². The lowest BCUT2D eigenvalue weighted by atomic mass is 10.1. The van der Waals surface area contributed by atoms with Gasteiger partial charge in [0, 0.05) is 0 Å². The van der Waals surface area contributed by atoms with Gasteiger partial charge in [-0.3, -0.25) is 0 Å². The Balaban J connectivity index is 2.50. The quantitative estimate of drug-likeness (QED) is 0.867. The molecule has 0 aliphatic rings. The van der Waals surface area contributed by atoms with Gasteiger partial charge in [-0.1, -0.05) is 6.92 Å². The number of carbonyl (C=O) groups is 1. The average Bonchev–Trinajstić information content (AvgIpc) is 2.93. The summed E-state index contributed by atoms with van der Waals surface area (Å²) in [4.78, 5) is 13.1. The summed E-state index contributed by atoms with van der Waals surface area (Å²) in [5.41, 5.74) is 7.38. The van der Waals surface area contributed by atoms with E-state index in [9.17, 15) is 4.79 Å². The van der Waals surface area contributed by atoms with E-state index >= 15 is 0 Å². The first kappa shape index (κ1) is 14.0. The number of thiophene rings is 1. The Labute approximate surface area is 120 Å². The molecule has 6 heteroatoms. The van der Waals surface area contributed by atoms with Crippen molar-refractivity contribution in [2.24, 2.45) is 0 Å². The number of nitrogens with two attached hydrogens (primary N) is 1. The van der Waals surface area contributed by atoms with Crippen molar-refractivity contribution in [3.8, 4) is 10.6 Å². The Morgan fingerprint density at radius 2 is 2.21 bits per heavy atom. The summed E-state index contributed by atoms with van der Waals surface area (Å²) >= 11 is 7.05. The van der Waals surface area contributed by atoms with Gasteiger partial charge in [-0.25, -0.2) is 4.79 Å². The second-order valence-electron chi connectivity index (χ2n) is 3.83. The molecular weight excluding hydrogens is 286 g/mol. The third-order valence-corrected chi connectivity index (χ3v) is 4.10. The third kappa shape index (κ3) is 2.62. The zero-order valence-electron chi connectivity index (χ0n) is 10.7. The molecule has 2 aromatic rings. The minimum Gasteiger partial charge on any atom is -0.462 e. The van der Waals surface area contributed by atoms with E-state index < -0.39 is 5.97 Å². The first-order valence-electron chi connectivity index (χ1n) is 5.92. The highest BCUT2D eigenvalue weighted by Gasteiger charge is 2.23. The summed E-state index contributed by atoms with van der Waals surface area (Å²) in [6.45, 7) is 4.05.